The molecule has 0 aliphatic heterocycles. The van der Waals surface area contributed by atoms with Crippen molar-refractivity contribution >= 4 is 16.5 Å². The van der Waals surface area contributed by atoms with E-state index in [9.17, 15) is 0 Å². The number of nitrogens with zero attached hydrogens (tertiary/aromatic N) is 1. The SMILES string of the molecule is Nc1nc(-c2cccc3c2CCCC3)cs1. The molecule has 0 fully saturated rings. The Bertz CT molecular complexity index is 516. The molecule has 1 heterocycles. The zero-order valence-electron chi connectivity index (χ0n) is 9.07. The molecule has 1 aromatic carbocycles. The van der Waals surface area contributed by atoms with E-state index in [1.807, 2.05) is 0 Å². The minimum Gasteiger partial charge on any atom is -0.375 e. The molecule has 0 amide bonds. The molecule has 0 bridgehead atoms. The van der Waals surface area contributed by atoms with Crippen LogP contribution in [0.4, 0.5) is 5.13 Å². The third-order valence-corrected chi connectivity index (χ3v) is 3.87. The van der Waals surface area contributed by atoms with Crippen molar-refractivity contribution in [2.24, 2.45) is 0 Å². The van der Waals surface area contributed by atoms with Gasteiger partial charge in [0, 0.05) is 10.9 Å². The number of thiazole rings is 1. The van der Waals surface area contributed by atoms with Gasteiger partial charge < -0.3 is 5.73 Å². The Kier molecular flexibility index (Phi) is 2.40. The molecule has 1 aromatic heterocycles. The molecule has 2 aromatic rings. The van der Waals surface area contributed by atoms with Gasteiger partial charge in [-0.15, -0.1) is 11.3 Å². The summed E-state index contributed by atoms with van der Waals surface area (Å²) in [5, 5.41) is 2.71. The molecule has 0 spiro atoms. The average Bonchev–Trinajstić information content (AvgIpc) is 2.75. The van der Waals surface area contributed by atoms with Crippen LogP contribution in [0.3, 0.4) is 0 Å². The first-order valence-corrected chi connectivity index (χ1v) is 6.55. The Hall–Kier alpha value is -1.35. The van der Waals surface area contributed by atoms with Crippen LogP contribution >= 0.6 is 11.3 Å². The van der Waals surface area contributed by atoms with Crippen LogP contribution in [-0.2, 0) is 12.8 Å². The number of hydrogen-bond donors (Lipinski definition) is 1. The van der Waals surface area contributed by atoms with Gasteiger partial charge in [-0.05, 0) is 36.8 Å². The Morgan fingerprint density at radius 1 is 1.19 bits per heavy atom. The van der Waals surface area contributed by atoms with E-state index in [1.54, 1.807) is 0 Å². The number of anilines is 1. The first kappa shape index (κ1) is 9.85. The van der Waals surface area contributed by atoms with Gasteiger partial charge in [-0.25, -0.2) is 4.98 Å². The summed E-state index contributed by atoms with van der Waals surface area (Å²) in [6, 6.07) is 6.54. The van der Waals surface area contributed by atoms with Gasteiger partial charge >= 0.3 is 0 Å². The van der Waals surface area contributed by atoms with Gasteiger partial charge in [-0.1, -0.05) is 18.2 Å². The second-order valence-electron chi connectivity index (χ2n) is 4.22. The second kappa shape index (κ2) is 3.91. The van der Waals surface area contributed by atoms with E-state index in [0.717, 1.165) is 5.69 Å². The van der Waals surface area contributed by atoms with Gasteiger partial charge in [0.2, 0.25) is 0 Å². The van der Waals surface area contributed by atoms with Gasteiger partial charge in [0.15, 0.2) is 5.13 Å². The summed E-state index contributed by atoms with van der Waals surface area (Å²) >= 11 is 1.52. The Morgan fingerprint density at radius 3 is 2.88 bits per heavy atom. The van der Waals surface area contributed by atoms with Crippen LogP contribution in [0.25, 0.3) is 11.3 Å². The predicted octanol–water partition coefficient (Wildman–Crippen LogP) is 3.27. The number of aryl methyl sites for hydroxylation is 1. The molecule has 0 saturated heterocycles. The largest absolute Gasteiger partial charge is 0.375 e. The third kappa shape index (κ3) is 1.61. The predicted molar refractivity (Wildman–Crippen MR) is 68.6 cm³/mol. The molecule has 3 heteroatoms. The lowest BCUT2D eigenvalue weighted by Crippen LogP contribution is -2.04. The van der Waals surface area contributed by atoms with Crippen LogP contribution in [-0.4, -0.2) is 4.98 Å². The summed E-state index contributed by atoms with van der Waals surface area (Å²) in [4.78, 5) is 4.39. The van der Waals surface area contributed by atoms with Gasteiger partial charge in [-0.2, -0.15) is 0 Å². The molecule has 0 atom stereocenters. The first-order valence-electron chi connectivity index (χ1n) is 5.67. The van der Waals surface area contributed by atoms with E-state index in [4.69, 9.17) is 5.73 Å². The lowest BCUT2D eigenvalue weighted by Gasteiger charge is -2.18. The maximum absolute atomic E-state index is 5.70. The highest BCUT2D eigenvalue weighted by atomic mass is 32.1. The molecule has 82 valence electrons. The van der Waals surface area contributed by atoms with E-state index in [-0.39, 0.29) is 0 Å². The number of fused-ring (bicyclic) bond motifs is 1. The fraction of sp³-hybridized carbons (Fsp3) is 0.308. The number of aromatic nitrogens is 1. The van der Waals surface area contributed by atoms with E-state index < -0.39 is 0 Å². The monoisotopic (exact) mass is 230 g/mol. The molecular weight excluding hydrogens is 216 g/mol. The zero-order valence-corrected chi connectivity index (χ0v) is 9.89. The molecular formula is C13H14N2S. The standard InChI is InChI=1S/C13H14N2S/c14-13-15-12(8-16-13)11-7-3-5-9-4-1-2-6-10(9)11/h3,5,7-8H,1-2,4,6H2,(H2,14,15). The zero-order chi connectivity index (χ0) is 11.0. The van der Waals surface area contributed by atoms with Gasteiger partial charge in [0.05, 0.1) is 5.69 Å². The summed E-state index contributed by atoms with van der Waals surface area (Å²) in [5.41, 5.74) is 11.0. The highest BCUT2D eigenvalue weighted by molar-refractivity contribution is 7.13. The molecule has 2 N–H and O–H groups in total. The molecule has 16 heavy (non-hydrogen) atoms. The van der Waals surface area contributed by atoms with E-state index in [0.29, 0.717) is 5.13 Å². The lowest BCUT2D eigenvalue weighted by atomic mass is 9.87. The first-order chi connectivity index (χ1) is 7.84. The van der Waals surface area contributed by atoms with Crippen LogP contribution in [0.5, 0.6) is 0 Å². The number of nitrogen functional groups attached to an aromatic ring is 1. The molecule has 0 radical (unpaired) electrons. The lowest BCUT2D eigenvalue weighted by molar-refractivity contribution is 0.686. The highest BCUT2D eigenvalue weighted by Gasteiger charge is 2.15. The third-order valence-electron chi connectivity index (χ3n) is 3.19. The minimum atomic E-state index is 0.656. The maximum atomic E-state index is 5.70. The van der Waals surface area contributed by atoms with Crippen molar-refractivity contribution in [3.63, 3.8) is 0 Å². The minimum absolute atomic E-state index is 0.656. The Labute approximate surface area is 99.1 Å². The molecule has 0 saturated carbocycles. The summed E-state index contributed by atoms with van der Waals surface area (Å²) in [6.45, 7) is 0. The smallest absolute Gasteiger partial charge is 0.180 e. The van der Waals surface area contributed by atoms with Crippen molar-refractivity contribution in [3.8, 4) is 11.3 Å². The normalized spacial score (nSPS) is 14.8. The average molecular weight is 230 g/mol. The summed E-state index contributed by atoms with van der Waals surface area (Å²) in [5.74, 6) is 0. The maximum Gasteiger partial charge on any atom is 0.180 e. The van der Waals surface area contributed by atoms with Crippen LogP contribution in [0.2, 0.25) is 0 Å². The van der Waals surface area contributed by atoms with Crippen molar-refractivity contribution in [1.29, 1.82) is 0 Å². The van der Waals surface area contributed by atoms with Crippen molar-refractivity contribution in [1.82, 2.24) is 4.98 Å². The van der Waals surface area contributed by atoms with Crippen molar-refractivity contribution in [2.45, 2.75) is 25.7 Å². The number of benzene rings is 1. The Morgan fingerprint density at radius 2 is 2.06 bits per heavy atom. The number of nitrogens with two attached hydrogens (primary N) is 1. The van der Waals surface area contributed by atoms with Crippen molar-refractivity contribution < 1.29 is 0 Å². The molecule has 0 unspecified atom stereocenters. The Balaban J connectivity index is 2.13. The van der Waals surface area contributed by atoms with Crippen LogP contribution in [0.1, 0.15) is 24.0 Å². The number of rotatable bonds is 1. The van der Waals surface area contributed by atoms with E-state index >= 15 is 0 Å². The summed E-state index contributed by atoms with van der Waals surface area (Å²) in [7, 11) is 0. The second-order valence-corrected chi connectivity index (χ2v) is 5.11. The molecule has 1 aliphatic rings. The van der Waals surface area contributed by atoms with Crippen molar-refractivity contribution in [2.75, 3.05) is 5.73 Å². The van der Waals surface area contributed by atoms with E-state index in [2.05, 4.69) is 28.6 Å². The van der Waals surface area contributed by atoms with Crippen LogP contribution < -0.4 is 5.73 Å². The topological polar surface area (TPSA) is 38.9 Å². The molecule has 3 rings (SSSR count). The molecule has 2 nitrogen and oxygen atoms in total. The van der Waals surface area contributed by atoms with Gasteiger partial charge in [0.1, 0.15) is 0 Å². The van der Waals surface area contributed by atoms with Gasteiger partial charge in [-0.3, -0.25) is 0 Å². The fourth-order valence-corrected chi connectivity index (χ4v) is 3.00. The van der Waals surface area contributed by atoms with Crippen LogP contribution in [0, 0.1) is 0 Å². The van der Waals surface area contributed by atoms with Crippen molar-refractivity contribution in [3.05, 3.63) is 34.7 Å². The fourth-order valence-electron chi connectivity index (χ4n) is 2.43. The molecule has 1 aliphatic carbocycles. The summed E-state index contributed by atoms with van der Waals surface area (Å²) in [6.07, 6.45) is 5.00. The number of hydrogen-bond acceptors (Lipinski definition) is 3. The summed E-state index contributed by atoms with van der Waals surface area (Å²) < 4.78 is 0. The van der Waals surface area contributed by atoms with Crippen LogP contribution in [0.15, 0.2) is 23.6 Å². The quantitative estimate of drug-likeness (QED) is 0.816. The van der Waals surface area contributed by atoms with E-state index in [1.165, 1.54) is 53.7 Å². The highest BCUT2D eigenvalue weighted by Crippen LogP contribution is 2.32. The van der Waals surface area contributed by atoms with Gasteiger partial charge in [0.25, 0.3) is 0 Å².